The highest BCUT2D eigenvalue weighted by molar-refractivity contribution is 7.99. The Hall–Kier alpha value is -3.39. The molecule has 0 N–H and O–H groups in total. The quantitative estimate of drug-likeness (QED) is 0.237. The maximum Gasteiger partial charge on any atom is 0.196 e. The van der Waals surface area contributed by atoms with Gasteiger partial charge in [-0.1, -0.05) is 11.8 Å². The summed E-state index contributed by atoms with van der Waals surface area (Å²) in [6.45, 7) is 6.70. The Morgan fingerprint density at radius 1 is 1.09 bits per heavy atom. The molecule has 7 nitrogen and oxygen atoms in total. The highest BCUT2D eigenvalue weighted by atomic mass is 32.2. The molecule has 1 aliphatic carbocycles. The molecule has 5 rings (SSSR count). The normalized spacial score (nSPS) is 13.3. The van der Waals surface area contributed by atoms with E-state index in [1.54, 1.807) is 12.4 Å². The Bertz CT molecular complexity index is 1310. The van der Waals surface area contributed by atoms with Crippen LogP contribution in [0.2, 0.25) is 0 Å². The number of rotatable bonds is 9. The number of benzene rings is 1. The van der Waals surface area contributed by atoms with E-state index in [4.69, 9.17) is 4.74 Å². The maximum absolute atomic E-state index is 13.2. The van der Waals surface area contributed by atoms with Crippen molar-refractivity contribution in [3.05, 3.63) is 71.8 Å². The van der Waals surface area contributed by atoms with Crippen molar-refractivity contribution in [2.75, 3.05) is 12.4 Å². The lowest BCUT2D eigenvalue weighted by atomic mass is 10.2. The molecule has 1 fully saturated rings. The van der Waals surface area contributed by atoms with Gasteiger partial charge in [-0.3, -0.25) is 14.3 Å². The number of Topliss-reactive ketones (excluding diaryl/α,β-unsaturated/α-hetero) is 1. The monoisotopic (exact) mass is 473 g/mol. The first-order valence-electron chi connectivity index (χ1n) is 11.5. The summed E-state index contributed by atoms with van der Waals surface area (Å²) in [6.07, 6.45) is 5.86. The number of carbonyl (C=O) groups is 1. The number of ether oxygens (including phenoxy) is 1. The van der Waals surface area contributed by atoms with Gasteiger partial charge in [-0.05, 0) is 76.1 Å². The number of carbonyl (C=O) groups excluding carboxylic acids is 1. The fraction of sp³-hybridized carbons (Fsp3) is 0.308. The van der Waals surface area contributed by atoms with Crippen molar-refractivity contribution in [3.63, 3.8) is 0 Å². The van der Waals surface area contributed by atoms with Crippen molar-refractivity contribution in [3.8, 4) is 22.8 Å². The van der Waals surface area contributed by atoms with Crippen LogP contribution in [-0.4, -0.2) is 42.5 Å². The van der Waals surface area contributed by atoms with Crippen LogP contribution in [-0.2, 0) is 0 Å². The third kappa shape index (κ3) is 4.37. The maximum atomic E-state index is 13.2. The first-order valence-corrected chi connectivity index (χ1v) is 12.5. The molecule has 34 heavy (non-hydrogen) atoms. The standard InChI is InChI=1S/C26H27N5O2S/c1-4-33-22-9-7-21(8-10-22)31-25(19-11-13-27-14-12-19)28-29-26(31)34-16-24(32)23-15-17(2)30(18(23)3)20-5-6-20/h7-15,20H,4-6,16H2,1-3H3. The first kappa shape index (κ1) is 22.4. The van der Waals surface area contributed by atoms with Gasteiger partial charge in [0, 0.05) is 46.6 Å². The number of ketones is 1. The van der Waals surface area contributed by atoms with Crippen LogP contribution < -0.4 is 4.74 Å². The number of pyridine rings is 1. The van der Waals surface area contributed by atoms with Crippen molar-refractivity contribution in [2.24, 2.45) is 0 Å². The Morgan fingerprint density at radius 3 is 2.50 bits per heavy atom. The van der Waals surface area contributed by atoms with E-state index in [9.17, 15) is 4.79 Å². The van der Waals surface area contributed by atoms with Gasteiger partial charge in [0.25, 0.3) is 0 Å². The fourth-order valence-electron chi connectivity index (χ4n) is 4.30. The second-order valence-corrected chi connectivity index (χ2v) is 9.34. The number of nitrogens with zero attached hydrogens (tertiary/aromatic N) is 5. The minimum Gasteiger partial charge on any atom is -0.494 e. The molecular formula is C26H27N5O2S. The summed E-state index contributed by atoms with van der Waals surface area (Å²) >= 11 is 1.41. The van der Waals surface area contributed by atoms with Gasteiger partial charge in [-0.25, -0.2) is 0 Å². The number of hydrogen-bond acceptors (Lipinski definition) is 6. The topological polar surface area (TPSA) is 74.8 Å². The molecule has 4 aromatic rings. The average Bonchev–Trinajstić information content (AvgIpc) is 3.52. The van der Waals surface area contributed by atoms with E-state index in [0.717, 1.165) is 34.0 Å². The molecule has 0 aliphatic heterocycles. The number of hydrogen-bond donors (Lipinski definition) is 0. The Morgan fingerprint density at radius 2 is 1.82 bits per heavy atom. The van der Waals surface area contributed by atoms with Gasteiger partial charge in [0.15, 0.2) is 16.8 Å². The Balaban J connectivity index is 1.44. The van der Waals surface area contributed by atoms with Crippen molar-refractivity contribution >= 4 is 17.5 Å². The highest BCUT2D eigenvalue weighted by Gasteiger charge is 2.28. The molecule has 0 unspecified atom stereocenters. The van der Waals surface area contributed by atoms with E-state index in [-0.39, 0.29) is 5.78 Å². The predicted octanol–water partition coefficient (Wildman–Crippen LogP) is 5.46. The van der Waals surface area contributed by atoms with Gasteiger partial charge in [-0.15, -0.1) is 10.2 Å². The van der Waals surface area contributed by atoms with Gasteiger partial charge in [-0.2, -0.15) is 0 Å². The molecule has 0 atom stereocenters. The number of thioether (sulfide) groups is 1. The van der Waals surface area contributed by atoms with Crippen molar-refractivity contribution < 1.29 is 9.53 Å². The molecule has 0 amide bonds. The zero-order chi connectivity index (χ0) is 23.7. The SMILES string of the molecule is CCOc1ccc(-n2c(SCC(=O)c3cc(C)n(C4CC4)c3C)nnc2-c2ccncc2)cc1. The predicted molar refractivity (Wildman–Crippen MR) is 133 cm³/mol. The van der Waals surface area contributed by atoms with Gasteiger partial charge in [0.2, 0.25) is 0 Å². The van der Waals surface area contributed by atoms with Crippen molar-refractivity contribution in [1.82, 2.24) is 24.3 Å². The lowest BCUT2D eigenvalue weighted by molar-refractivity contribution is 0.102. The molecule has 1 saturated carbocycles. The van der Waals surface area contributed by atoms with Gasteiger partial charge < -0.3 is 9.30 Å². The minimum atomic E-state index is 0.108. The van der Waals surface area contributed by atoms with Crippen LogP contribution in [0.3, 0.4) is 0 Å². The van der Waals surface area contributed by atoms with Gasteiger partial charge >= 0.3 is 0 Å². The second-order valence-electron chi connectivity index (χ2n) is 8.40. The molecule has 8 heteroatoms. The summed E-state index contributed by atoms with van der Waals surface area (Å²) in [5.41, 5.74) is 4.84. The summed E-state index contributed by atoms with van der Waals surface area (Å²) in [5.74, 6) is 1.91. The van der Waals surface area contributed by atoms with Crippen LogP contribution in [0.4, 0.5) is 0 Å². The molecule has 174 valence electrons. The van der Waals surface area contributed by atoms with E-state index < -0.39 is 0 Å². The molecule has 0 saturated heterocycles. The highest BCUT2D eigenvalue weighted by Crippen LogP contribution is 2.38. The second kappa shape index (κ2) is 9.46. The minimum absolute atomic E-state index is 0.108. The molecule has 0 spiro atoms. The van der Waals surface area contributed by atoms with Crippen LogP contribution in [0.15, 0.2) is 60.0 Å². The molecule has 3 aromatic heterocycles. The van der Waals surface area contributed by atoms with E-state index in [0.29, 0.717) is 29.4 Å². The van der Waals surface area contributed by atoms with Crippen LogP contribution in [0.25, 0.3) is 17.1 Å². The number of aryl methyl sites for hydroxylation is 1. The molecule has 0 bridgehead atoms. The lowest BCUT2D eigenvalue weighted by Gasteiger charge is -2.11. The summed E-state index contributed by atoms with van der Waals surface area (Å²) in [4.78, 5) is 17.3. The molecular weight excluding hydrogens is 446 g/mol. The summed E-state index contributed by atoms with van der Waals surface area (Å²) < 4.78 is 9.88. The van der Waals surface area contributed by atoms with Crippen LogP contribution in [0, 0.1) is 13.8 Å². The zero-order valence-corrected chi connectivity index (χ0v) is 20.4. The number of aromatic nitrogens is 5. The van der Waals surface area contributed by atoms with Gasteiger partial charge in [0.1, 0.15) is 5.75 Å². The fourth-order valence-corrected chi connectivity index (χ4v) is 5.14. The van der Waals surface area contributed by atoms with E-state index >= 15 is 0 Å². The smallest absolute Gasteiger partial charge is 0.196 e. The van der Waals surface area contributed by atoms with Crippen molar-refractivity contribution in [1.29, 1.82) is 0 Å². The molecule has 1 aromatic carbocycles. The van der Waals surface area contributed by atoms with Crippen LogP contribution >= 0.6 is 11.8 Å². The largest absolute Gasteiger partial charge is 0.494 e. The van der Waals surface area contributed by atoms with E-state index in [1.165, 1.54) is 24.6 Å². The molecule has 0 radical (unpaired) electrons. The summed E-state index contributed by atoms with van der Waals surface area (Å²) in [6, 6.07) is 14.2. The van der Waals surface area contributed by atoms with E-state index in [2.05, 4.69) is 26.7 Å². The summed E-state index contributed by atoms with van der Waals surface area (Å²) in [7, 11) is 0. The Kier molecular flexibility index (Phi) is 6.24. The third-order valence-electron chi connectivity index (χ3n) is 6.01. The van der Waals surface area contributed by atoms with Crippen LogP contribution in [0.1, 0.15) is 47.6 Å². The average molecular weight is 474 g/mol. The van der Waals surface area contributed by atoms with Gasteiger partial charge in [0.05, 0.1) is 12.4 Å². The first-order chi connectivity index (χ1) is 16.6. The van der Waals surface area contributed by atoms with Crippen LogP contribution in [0.5, 0.6) is 5.75 Å². The van der Waals surface area contributed by atoms with E-state index in [1.807, 2.05) is 60.9 Å². The van der Waals surface area contributed by atoms with Crippen molar-refractivity contribution in [2.45, 2.75) is 44.8 Å². The zero-order valence-electron chi connectivity index (χ0n) is 19.6. The Labute approximate surface area is 203 Å². The lowest BCUT2D eigenvalue weighted by Crippen LogP contribution is -2.07. The molecule has 3 heterocycles. The summed E-state index contributed by atoms with van der Waals surface area (Å²) in [5, 5.41) is 9.57. The molecule has 1 aliphatic rings. The third-order valence-corrected chi connectivity index (χ3v) is 6.94.